The Morgan fingerprint density at radius 3 is 2.75 bits per heavy atom. The molecule has 0 saturated carbocycles. The van der Waals surface area contributed by atoms with Crippen LogP contribution in [0.15, 0.2) is 0 Å². The monoisotopic (exact) mass is 231 g/mol. The molecule has 0 radical (unpaired) electrons. The highest BCUT2D eigenvalue weighted by Gasteiger charge is 2.30. The average molecular weight is 231 g/mol. The number of hydrogen-bond acceptors (Lipinski definition) is 4. The molecule has 1 aliphatic rings. The van der Waals surface area contributed by atoms with Crippen molar-refractivity contribution in [3.63, 3.8) is 0 Å². The first-order chi connectivity index (χ1) is 7.65. The molecular weight excluding hydrogens is 206 g/mol. The molecule has 16 heavy (non-hydrogen) atoms. The van der Waals surface area contributed by atoms with Gasteiger partial charge in [-0.3, -0.25) is 4.90 Å². The first kappa shape index (κ1) is 13.9. The first-order valence-corrected chi connectivity index (χ1v) is 6.18. The van der Waals surface area contributed by atoms with Gasteiger partial charge in [-0.05, 0) is 6.42 Å². The quantitative estimate of drug-likeness (QED) is 0.698. The Hall–Kier alpha value is -0.160. The molecule has 4 nitrogen and oxygen atoms in total. The standard InChI is InChI=1S/C12H25NO3/c1-3-4-12(2,10-15)9-13-5-6-16-8-11(13)7-14/h11,14-15H,3-10H2,1-2H3. The normalized spacial score (nSPS) is 26.6. The minimum atomic E-state index is -0.0560. The van der Waals surface area contributed by atoms with Crippen LogP contribution in [-0.2, 0) is 4.74 Å². The van der Waals surface area contributed by atoms with Gasteiger partial charge in [0.2, 0.25) is 0 Å². The van der Waals surface area contributed by atoms with Crippen molar-refractivity contribution in [2.45, 2.75) is 32.7 Å². The summed E-state index contributed by atoms with van der Waals surface area (Å²) in [7, 11) is 0. The molecule has 2 atom stereocenters. The maximum atomic E-state index is 9.49. The maximum absolute atomic E-state index is 9.49. The Labute approximate surface area is 98.2 Å². The zero-order valence-corrected chi connectivity index (χ0v) is 10.5. The fraction of sp³-hybridized carbons (Fsp3) is 1.00. The van der Waals surface area contributed by atoms with Crippen molar-refractivity contribution < 1.29 is 14.9 Å². The maximum Gasteiger partial charge on any atom is 0.0644 e. The van der Waals surface area contributed by atoms with Crippen molar-refractivity contribution in [2.24, 2.45) is 5.41 Å². The molecule has 0 aromatic heterocycles. The number of aliphatic hydroxyl groups is 2. The van der Waals surface area contributed by atoms with E-state index in [1.807, 2.05) is 0 Å². The lowest BCUT2D eigenvalue weighted by Crippen LogP contribution is -2.51. The van der Waals surface area contributed by atoms with Crippen LogP contribution >= 0.6 is 0 Å². The summed E-state index contributed by atoms with van der Waals surface area (Å²) < 4.78 is 5.35. The van der Waals surface area contributed by atoms with E-state index in [0.717, 1.165) is 32.5 Å². The number of rotatable bonds is 6. The Morgan fingerprint density at radius 1 is 1.44 bits per heavy atom. The molecule has 0 aromatic carbocycles. The smallest absolute Gasteiger partial charge is 0.0644 e. The van der Waals surface area contributed by atoms with Gasteiger partial charge >= 0.3 is 0 Å². The van der Waals surface area contributed by atoms with Crippen molar-refractivity contribution >= 4 is 0 Å². The zero-order valence-electron chi connectivity index (χ0n) is 10.5. The predicted octanol–water partition coefficient (Wildman–Crippen LogP) is 0.478. The molecule has 1 aliphatic heterocycles. The minimum absolute atomic E-state index is 0.0560. The van der Waals surface area contributed by atoms with Gasteiger partial charge in [0.15, 0.2) is 0 Å². The molecule has 0 bridgehead atoms. The highest BCUT2D eigenvalue weighted by molar-refractivity contribution is 4.83. The molecular formula is C12H25NO3. The van der Waals surface area contributed by atoms with E-state index >= 15 is 0 Å². The van der Waals surface area contributed by atoms with E-state index < -0.39 is 0 Å². The first-order valence-electron chi connectivity index (χ1n) is 6.18. The molecule has 1 heterocycles. The zero-order chi connectivity index (χ0) is 12.0. The number of hydrogen-bond donors (Lipinski definition) is 2. The number of nitrogens with zero attached hydrogens (tertiary/aromatic N) is 1. The van der Waals surface area contributed by atoms with E-state index in [4.69, 9.17) is 4.74 Å². The Kier molecular flexibility index (Phi) is 5.69. The van der Waals surface area contributed by atoms with Crippen LogP contribution in [0.4, 0.5) is 0 Å². The second kappa shape index (κ2) is 6.55. The van der Waals surface area contributed by atoms with Crippen LogP contribution in [-0.4, -0.2) is 60.7 Å². The Balaban J connectivity index is 2.54. The molecule has 96 valence electrons. The third kappa shape index (κ3) is 3.70. The highest BCUT2D eigenvalue weighted by Crippen LogP contribution is 2.25. The summed E-state index contributed by atoms with van der Waals surface area (Å²) in [4.78, 5) is 2.25. The highest BCUT2D eigenvalue weighted by atomic mass is 16.5. The van der Waals surface area contributed by atoms with Crippen molar-refractivity contribution in [2.75, 3.05) is 39.5 Å². The summed E-state index contributed by atoms with van der Waals surface area (Å²) in [6.45, 7) is 7.60. The second-order valence-corrected chi connectivity index (χ2v) is 5.10. The van der Waals surface area contributed by atoms with Gasteiger partial charge in [0, 0.05) is 25.1 Å². The van der Waals surface area contributed by atoms with Gasteiger partial charge in [0.25, 0.3) is 0 Å². The van der Waals surface area contributed by atoms with Gasteiger partial charge in [-0.15, -0.1) is 0 Å². The van der Waals surface area contributed by atoms with E-state index in [2.05, 4.69) is 18.7 Å². The second-order valence-electron chi connectivity index (χ2n) is 5.10. The molecule has 1 fully saturated rings. The van der Waals surface area contributed by atoms with Gasteiger partial charge in [-0.25, -0.2) is 0 Å². The summed E-state index contributed by atoms with van der Waals surface area (Å²) in [5, 5.41) is 18.8. The van der Waals surface area contributed by atoms with Crippen LogP contribution in [0.5, 0.6) is 0 Å². The van der Waals surface area contributed by atoms with E-state index in [-0.39, 0.29) is 24.7 Å². The van der Waals surface area contributed by atoms with Crippen LogP contribution < -0.4 is 0 Å². The Morgan fingerprint density at radius 2 is 2.19 bits per heavy atom. The summed E-state index contributed by atoms with van der Waals surface area (Å²) >= 11 is 0. The summed E-state index contributed by atoms with van der Waals surface area (Å²) in [6, 6.07) is 0.0940. The molecule has 0 aliphatic carbocycles. The van der Waals surface area contributed by atoms with Crippen molar-refractivity contribution in [3.05, 3.63) is 0 Å². The summed E-state index contributed by atoms with van der Waals surface area (Å²) in [5.41, 5.74) is -0.0560. The molecule has 2 unspecified atom stereocenters. The van der Waals surface area contributed by atoms with Gasteiger partial charge in [-0.2, -0.15) is 0 Å². The summed E-state index contributed by atoms with van der Waals surface area (Å²) in [6.07, 6.45) is 2.09. The van der Waals surface area contributed by atoms with Gasteiger partial charge in [0.1, 0.15) is 0 Å². The van der Waals surface area contributed by atoms with E-state index in [9.17, 15) is 10.2 Å². The average Bonchev–Trinajstić information content (AvgIpc) is 2.30. The lowest BCUT2D eigenvalue weighted by atomic mass is 9.85. The third-order valence-electron chi connectivity index (χ3n) is 3.38. The van der Waals surface area contributed by atoms with E-state index in [1.54, 1.807) is 0 Å². The topological polar surface area (TPSA) is 52.9 Å². The fourth-order valence-electron chi connectivity index (χ4n) is 2.37. The molecule has 1 saturated heterocycles. The molecule has 2 N–H and O–H groups in total. The number of ether oxygens (including phenoxy) is 1. The largest absolute Gasteiger partial charge is 0.396 e. The fourth-order valence-corrected chi connectivity index (χ4v) is 2.37. The minimum Gasteiger partial charge on any atom is -0.396 e. The van der Waals surface area contributed by atoms with Crippen LogP contribution in [0.25, 0.3) is 0 Å². The van der Waals surface area contributed by atoms with E-state index in [0.29, 0.717) is 6.61 Å². The Bertz CT molecular complexity index is 201. The summed E-state index contributed by atoms with van der Waals surface area (Å²) in [5.74, 6) is 0. The van der Waals surface area contributed by atoms with Crippen LogP contribution in [0.1, 0.15) is 26.7 Å². The third-order valence-corrected chi connectivity index (χ3v) is 3.38. The number of morpholine rings is 1. The van der Waals surface area contributed by atoms with E-state index in [1.165, 1.54) is 0 Å². The van der Waals surface area contributed by atoms with Crippen molar-refractivity contribution in [1.82, 2.24) is 4.90 Å². The number of aliphatic hydroxyl groups excluding tert-OH is 2. The molecule has 1 rings (SSSR count). The molecule has 0 amide bonds. The van der Waals surface area contributed by atoms with Crippen molar-refractivity contribution in [1.29, 1.82) is 0 Å². The van der Waals surface area contributed by atoms with Crippen LogP contribution in [0, 0.1) is 5.41 Å². The van der Waals surface area contributed by atoms with Crippen LogP contribution in [0.3, 0.4) is 0 Å². The lowest BCUT2D eigenvalue weighted by molar-refractivity contribution is -0.0507. The lowest BCUT2D eigenvalue weighted by Gasteiger charge is -2.40. The van der Waals surface area contributed by atoms with Crippen LogP contribution in [0.2, 0.25) is 0 Å². The van der Waals surface area contributed by atoms with Crippen molar-refractivity contribution in [3.8, 4) is 0 Å². The van der Waals surface area contributed by atoms with Gasteiger partial charge < -0.3 is 14.9 Å². The SMILES string of the molecule is CCCC(C)(CO)CN1CCOCC1CO. The van der Waals surface area contributed by atoms with Gasteiger partial charge in [-0.1, -0.05) is 20.3 Å². The molecule has 0 spiro atoms. The predicted molar refractivity (Wildman–Crippen MR) is 63.4 cm³/mol. The van der Waals surface area contributed by atoms with Gasteiger partial charge in [0.05, 0.1) is 25.9 Å². The molecule has 4 heteroatoms. The molecule has 0 aromatic rings.